The molecule has 1 heteroatoms. The van der Waals surface area contributed by atoms with Crippen LogP contribution < -0.4 is 0 Å². The first kappa shape index (κ1) is 15.2. The molecular weight excluding hydrogens is 268 g/mol. The molecule has 124 valence electrons. The van der Waals surface area contributed by atoms with Crippen LogP contribution in [0.5, 0.6) is 0 Å². The Morgan fingerprint density at radius 1 is 1.00 bits per heavy atom. The number of aliphatic hydroxyl groups is 1. The van der Waals surface area contributed by atoms with Crippen molar-refractivity contribution >= 4 is 0 Å². The van der Waals surface area contributed by atoms with Gasteiger partial charge in [0.25, 0.3) is 0 Å². The predicted molar refractivity (Wildman–Crippen MR) is 91.5 cm³/mol. The number of hydrogen-bond acceptors (Lipinski definition) is 1. The zero-order chi connectivity index (χ0) is 15.5. The second-order valence-electron chi connectivity index (χ2n) is 9.39. The Morgan fingerprint density at radius 3 is 2.59 bits per heavy atom. The molecule has 4 aliphatic rings. The van der Waals surface area contributed by atoms with Crippen molar-refractivity contribution in [3.05, 3.63) is 11.6 Å². The number of rotatable bonds is 0. The molecule has 0 bridgehead atoms. The molecule has 0 radical (unpaired) electrons. The van der Waals surface area contributed by atoms with E-state index in [0.29, 0.717) is 10.8 Å². The Morgan fingerprint density at radius 2 is 1.82 bits per heavy atom. The quantitative estimate of drug-likeness (QED) is 0.599. The van der Waals surface area contributed by atoms with Crippen LogP contribution in [0.4, 0.5) is 0 Å². The molecule has 7 atom stereocenters. The molecule has 1 nitrogen and oxygen atoms in total. The predicted octanol–water partition coefficient (Wildman–Crippen LogP) is 5.34. The second kappa shape index (κ2) is 5.10. The van der Waals surface area contributed by atoms with E-state index in [9.17, 15) is 5.11 Å². The summed E-state index contributed by atoms with van der Waals surface area (Å²) in [7, 11) is 0. The zero-order valence-corrected chi connectivity index (χ0v) is 14.8. The van der Waals surface area contributed by atoms with Gasteiger partial charge in [0.05, 0.1) is 6.10 Å². The average molecular weight is 303 g/mol. The summed E-state index contributed by atoms with van der Waals surface area (Å²) in [5, 5.41) is 10.1. The van der Waals surface area contributed by atoms with E-state index in [0.717, 1.165) is 36.5 Å². The molecule has 0 amide bonds. The Bertz CT molecular complexity index is 480. The Balaban J connectivity index is 1.63. The summed E-state index contributed by atoms with van der Waals surface area (Å²) in [6.45, 7) is 7.43. The number of aliphatic hydroxyl groups excluding tert-OH is 1. The van der Waals surface area contributed by atoms with Gasteiger partial charge in [0.1, 0.15) is 0 Å². The standard InChI is InChI=1S/C21H34O/c1-4-14-6-8-18-17-7-5-15-13-16(22)9-11-21(15,3)19(17)10-12-20(14,18)2/h4,15-19,22H,5-13H2,1-3H3/b14-4+/t15-,16+,17+,18+,19+,20-,21+/m1/s1. The van der Waals surface area contributed by atoms with E-state index in [1.54, 1.807) is 5.57 Å². The van der Waals surface area contributed by atoms with Crippen LogP contribution in [0.15, 0.2) is 11.6 Å². The summed E-state index contributed by atoms with van der Waals surface area (Å²) >= 11 is 0. The molecule has 4 fully saturated rings. The summed E-state index contributed by atoms with van der Waals surface area (Å²) in [6.07, 6.45) is 14.3. The minimum atomic E-state index is -0.00964. The van der Waals surface area contributed by atoms with Gasteiger partial charge in [-0.25, -0.2) is 0 Å². The summed E-state index contributed by atoms with van der Waals surface area (Å²) in [6, 6.07) is 0. The van der Waals surface area contributed by atoms with Crippen LogP contribution in [-0.4, -0.2) is 11.2 Å². The molecule has 0 aromatic rings. The van der Waals surface area contributed by atoms with Gasteiger partial charge in [-0.05, 0) is 99.2 Å². The zero-order valence-electron chi connectivity index (χ0n) is 14.8. The number of fused-ring (bicyclic) bond motifs is 5. The Hall–Kier alpha value is -0.300. The van der Waals surface area contributed by atoms with Crippen LogP contribution >= 0.6 is 0 Å². The topological polar surface area (TPSA) is 20.2 Å². The first-order valence-corrected chi connectivity index (χ1v) is 9.83. The van der Waals surface area contributed by atoms with Crippen molar-refractivity contribution in [1.29, 1.82) is 0 Å². The maximum atomic E-state index is 10.1. The third-order valence-electron chi connectivity index (χ3n) is 8.83. The molecule has 4 aliphatic carbocycles. The minimum absolute atomic E-state index is 0.00964. The van der Waals surface area contributed by atoms with Crippen molar-refractivity contribution in [2.75, 3.05) is 0 Å². The normalized spacial score (nSPS) is 56.4. The lowest BCUT2D eigenvalue weighted by Gasteiger charge is -2.60. The largest absolute Gasteiger partial charge is 0.393 e. The van der Waals surface area contributed by atoms with Crippen LogP contribution in [0.2, 0.25) is 0 Å². The van der Waals surface area contributed by atoms with Crippen molar-refractivity contribution in [1.82, 2.24) is 0 Å². The lowest BCUT2D eigenvalue weighted by Crippen LogP contribution is -2.53. The van der Waals surface area contributed by atoms with Crippen LogP contribution in [0.25, 0.3) is 0 Å². The van der Waals surface area contributed by atoms with Gasteiger partial charge in [-0.3, -0.25) is 0 Å². The summed E-state index contributed by atoms with van der Waals surface area (Å²) < 4.78 is 0. The second-order valence-corrected chi connectivity index (χ2v) is 9.39. The fraction of sp³-hybridized carbons (Fsp3) is 0.905. The lowest BCUT2D eigenvalue weighted by molar-refractivity contribution is -0.116. The van der Waals surface area contributed by atoms with Gasteiger partial charge in [-0.1, -0.05) is 25.5 Å². The molecule has 0 aromatic heterocycles. The number of hydrogen-bond donors (Lipinski definition) is 1. The molecule has 0 saturated heterocycles. The van der Waals surface area contributed by atoms with E-state index in [-0.39, 0.29) is 6.10 Å². The van der Waals surface area contributed by atoms with Crippen LogP contribution in [0, 0.1) is 34.5 Å². The maximum Gasteiger partial charge on any atom is 0.0543 e. The van der Waals surface area contributed by atoms with Crippen molar-refractivity contribution in [2.45, 2.75) is 84.7 Å². The van der Waals surface area contributed by atoms with Crippen molar-refractivity contribution < 1.29 is 5.11 Å². The highest BCUT2D eigenvalue weighted by atomic mass is 16.3. The van der Waals surface area contributed by atoms with Gasteiger partial charge < -0.3 is 5.11 Å². The van der Waals surface area contributed by atoms with Gasteiger partial charge >= 0.3 is 0 Å². The van der Waals surface area contributed by atoms with Crippen molar-refractivity contribution in [3.63, 3.8) is 0 Å². The molecule has 0 aliphatic heterocycles. The third-order valence-corrected chi connectivity index (χ3v) is 8.83. The first-order chi connectivity index (χ1) is 10.5. The molecule has 0 heterocycles. The molecule has 0 aromatic carbocycles. The Labute approximate surface area is 136 Å². The van der Waals surface area contributed by atoms with E-state index in [1.807, 2.05) is 0 Å². The smallest absolute Gasteiger partial charge is 0.0543 e. The Kier molecular flexibility index (Phi) is 3.53. The maximum absolute atomic E-state index is 10.1. The van der Waals surface area contributed by atoms with Crippen LogP contribution in [-0.2, 0) is 0 Å². The lowest BCUT2D eigenvalue weighted by atomic mass is 9.45. The summed E-state index contributed by atoms with van der Waals surface area (Å²) in [5.74, 6) is 3.65. The molecule has 1 N–H and O–H groups in total. The average Bonchev–Trinajstić information content (AvgIpc) is 2.84. The highest BCUT2D eigenvalue weighted by Crippen LogP contribution is 2.67. The fourth-order valence-electron chi connectivity index (χ4n) is 7.56. The van der Waals surface area contributed by atoms with Crippen LogP contribution in [0.1, 0.15) is 78.6 Å². The van der Waals surface area contributed by atoms with Crippen molar-refractivity contribution in [3.8, 4) is 0 Å². The van der Waals surface area contributed by atoms with Crippen LogP contribution in [0.3, 0.4) is 0 Å². The van der Waals surface area contributed by atoms with Crippen molar-refractivity contribution in [2.24, 2.45) is 34.5 Å². The van der Waals surface area contributed by atoms with Gasteiger partial charge in [-0.15, -0.1) is 0 Å². The van der Waals surface area contributed by atoms with Gasteiger partial charge in [0, 0.05) is 0 Å². The highest BCUT2D eigenvalue weighted by Gasteiger charge is 2.58. The highest BCUT2D eigenvalue weighted by molar-refractivity contribution is 5.23. The molecule has 0 spiro atoms. The number of allylic oxidation sites excluding steroid dienone is 2. The molecule has 4 saturated carbocycles. The van der Waals surface area contributed by atoms with E-state index in [1.165, 1.54) is 44.9 Å². The molecular formula is C21H34O. The van der Waals surface area contributed by atoms with Gasteiger partial charge in [-0.2, -0.15) is 0 Å². The van der Waals surface area contributed by atoms with E-state index in [4.69, 9.17) is 0 Å². The van der Waals surface area contributed by atoms with Gasteiger partial charge in [0.2, 0.25) is 0 Å². The molecule has 4 rings (SSSR count). The van der Waals surface area contributed by atoms with E-state index in [2.05, 4.69) is 26.8 Å². The molecule has 22 heavy (non-hydrogen) atoms. The van der Waals surface area contributed by atoms with E-state index < -0.39 is 0 Å². The molecule has 0 unspecified atom stereocenters. The first-order valence-electron chi connectivity index (χ1n) is 9.83. The SMILES string of the molecule is C/C=C1\CC[C@H]2[C@@H]3CC[C@@H]4C[C@@H](O)CC[C@]4(C)[C@H]3CC[C@]12C. The minimum Gasteiger partial charge on any atom is -0.393 e. The monoisotopic (exact) mass is 302 g/mol. The third kappa shape index (κ3) is 1.93. The summed E-state index contributed by atoms with van der Waals surface area (Å²) in [5.41, 5.74) is 2.82. The summed E-state index contributed by atoms with van der Waals surface area (Å²) in [4.78, 5) is 0. The van der Waals surface area contributed by atoms with Gasteiger partial charge in [0.15, 0.2) is 0 Å². The fourth-order valence-corrected chi connectivity index (χ4v) is 7.56. The van der Waals surface area contributed by atoms with E-state index >= 15 is 0 Å².